The van der Waals surface area contributed by atoms with E-state index in [2.05, 4.69) is 12.2 Å². The van der Waals surface area contributed by atoms with Crippen molar-refractivity contribution in [2.45, 2.75) is 141 Å². The van der Waals surface area contributed by atoms with Crippen molar-refractivity contribution in [1.82, 2.24) is 5.32 Å². The molecular weight excluding hydrogens is 450 g/mol. The van der Waals surface area contributed by atoms with Crippen LogP contribution in [0.3, 0.4) is 0 Å². The molecule has 208 valence electrons. The van der Waals surface area contributed by atoms with Crippen molar-refractivity contribution in [3.05, 3.63) is 0 Å². The first-order chi connectivity index (χ1) is 16.7. The summed E-state index contributed by atoms with van der Waals surface area (Å²) in [6, 6.07) is -1.93. The highest BCUT2D eigenvalue weighted by Crippen LogP contribution is 2.13. The smallest absolute Gasteiger partial charge is 0.326 e. The molecule has 0 spiro atoms. The van der Waals surface area contributed by atoms with Crippen LogP contribution in [0.25, 0.3) is 0 Å². The molecule has 0 bridgehead atoms. The third-order valence-electron chi connectivity index (χ3n) is 5.89. The second kappa shape index (κ2) is 25.4. The zero-order chi connectivity index (χ0) is 26.9. The van der Waals surface area contributed by atoms with Gasteiger partial charge in [0, 0.05) is 6.42 Å². The quantitative estimate of drug-likeness (QED) is 0.120. The fourth-order valence-electron chi connectivity index (χ4n) is 3.53. The van der Waals surface area contributed by atoms with Crippen LogP contribution >= 0.6 is 0 Å². The van der Waals surface area contributed by atoms with E-state index < -0.39 is 30.1 Å². The van der Waals surface area contributed by atoms with Crippen molar-refractivity contribution in [2.24, 2.45) is 11.5 Å². The Morgan fingerprint density at radius 1 is 0.743 bits per heavy atom. The second-order valence-corrected chi connectivity index (χ2v) is 9.34. The van der Waals surface area contributed by atoms with Crippen molar-refractivity contribution < 1.29 is 29.7 Å². The van der Waals surface area contributed by atoms with E-state index in [-0.39, 0.29) is 5.91 Å². The van der Waals surface area contributed by atoms with Crippen LogP contribution in [0.4, 0.5) is 0 Å². The lowest BCUT2D eigenvalue weighted by Crippen LogP contribution is -2.40. The Balaban J connectivity index is 0. The van der Waals surface area contributed by atoms with Gasteiger partial charge in [-0.05, 0) is 39.2 Å². The number of hydrogen-bond acceptors (Lipinski definition) is 6. The maximum Gasteiger partial charge on any atom is 0.326 e. The molecule has 0 aromatic carbocycles. The number of carboxylic acids is 2. The minimum atomic E-state index is -1.18. The van der Waals surface area contributed by atoms with E-state index in [1.54, 1.807) is 0 Å². The second-order valence-electron chi connectivity index (χ2n) is 9.34. The molecule has 0 heterocycles. The van der Waals surface area contributed by atoms with Crippen molar-refractivity contribution >= 4 is 17.8 Å². The fraction of sp³-hybridized carbons (Fsp3) is 0.885. The minimum Gasteiger partial charge on any atom is -0.480 e. The Morgan fingerprint density at radius 2 is 1.20 bits per heavy atom. The molecule has 0 aromatic rings. The third kappa shape index (κ3) is 25.2. The number of carbonyl (C=O) groups excluding carboxylic acids is 1. The number of hydrogen-bond donors (Lipinski definition) is 6. The number of amides is 1. The van der Waals surface area contributed by atoms with Crippen LogP contribution in [0.1, 0.15) is 123 Å². The average Bonchev–Trinajstić information content (AvgIpc) is 2.81. The number of aliphatic hydroxyl groups is 1. The number of nitrogens with one attached hydrogen (secondary N) is 1. The summed E-state index contributed by atoms with van der Waals surface area (Å²) in [6.07, 6.45) is 18.0. The van der Waals surface area contributed by atoms with Gasteiger partial charge < -0.3 is 32.1 Å². The van der Waals surface area contributed by atoms with Gasteiger partial charge in [0.25, 0.3) is 0 Å². The molecule has 3 unspecified atom stereocenters. The number of aliphatic hydroxyl groups excluding tert-OH is 1. The Kier molecular flexibility index (Phi) is 25.7. The Labute approximate surface area is 212 Å². The monoisotopic (exact) mass is 503 g/mol. The zero-order valence-electron chi connectivity index (χ0n) is 22.2. The molecule has 0 aliphatic heterocycles. The molecule has 0 aliphatic rings. The Hall–Kier alpha value is -1.71. The Morgan fingerprint density at radius 3 is 1.54 bits per heavy atom. The number of carbonyl (C=O) groups is 3. The molecule has 0 rings (SSSR count). The summed E-state index contributed by atoms with van der Waals surface area (Å²) in [4.78, 5) is 32.9. The first kappa shape index (κ1) is 35.5. The first-order valence-corrected chi connectivity index (χ1v) is 13.6. The summed E-state index contributed by atoms with van der Waals surface area (Å²) in [7, 11) is 0. The lowest BCUT2D eigenvalue weighted by molar-refractivity contribution is -0.142. The third-order valence-corrected chi connectivity index (χ3v) is 5.89. The molecule has 0 radical (unpaired) electrons. The van der Waals surface area contributed by atoms with E-state index in [4.69, 9.17) is 26.8 Å². The van der Waals surface area contributed by atoms with Crippen LogP contribution in [0, 0.1) is 0 Å². The number of aliphatic carboxylic acids is 2. The molecule has 9 heteroatoms. The molecule has 0 saturated carbocycles. The van der Waals surface area contributed by atoms with E-state index in [1.807, 2.05) is 0 Å². The van der Waals surface area contributed by atoms with Crippen LogP contribution in [-0.4, -0.2) is 57.9 Å². The van der Waals surface area contributed by atoms with Crippen molar-refractivity contribution in [1.29, 1.82) is 0 Å². The van der Waals surface area contributed by atoms with Crippen molar-refractivity contribution in [3.63, 3.8) is 0 Å². The summed E-state index contributed by atoms with van der Waals surface area (Å²) in [6.45, 7) is 4.14. The maximum absolute atomic E-state index is 11.9. The molecule has 0 aliphatic carbocycles. The average molecular weight is 504 g/mol. The highest BCUT2D eigenvalue weighted by molar-refractivity contribution is 5.83. The molecule has 1 amide bonds. The van der Waals surface area contributed by atoms with Gasteiger partial charge in [-0.3, -0.25) is 9.59 Å². The van der Waals surface area contributed by atoms with Crippen LogP contribution in [0.5, 0.6) is 0 Å². The standard InChI is InChI=1S/C22H44N2O3.C4H9NO3/c1-2-3-4-5-6-7-8-9-10-11-12-13-14-18-21(25)24-20(22(26)27)17-15-16-19-23;1-2(6)3(5)4(7)8/h20H,2-19,23H2,1H3,(H,24,25)(H,26,27);2-3,6H,5H2,1H3,(H,7,8). The predicted molar refractivity (Wildman–Crippen MR) is 140 cm³/mol. The van der Waals surface area contributed by atoms with E-state index in [0.29, 0.717) is 19.4 Å². The molecule has 35 heavy (non-hydrogen) atoms. The summed E-state index contributed by atoms with van der Waals surface area (Å²) in [5.41, 5.74) is 10.3. The van der Waals surface area contributed by atoms with Crippen LogP contribution < -0.4 is 16.8 Å². The van der Waals surface area contributed by atoms with Gasteiger partial charge in [0.2, 0.25) is 5.91 Å². The summed E-state index contributed by atoms with van der Waals surface area (Å²) in [5.74, 6) is -2.27. The molecule has 0 aromatic heterocycles. The van der Waals surface area contributed by atoms with Gasteiger partial charge in [-0.1, -0.05) is 84.0 Å². The topological polar surface area (TPSA) is 176 Å². The van der Waals surface area contributed by atoms with E-state index >= 15 is 0 Å². The van der Waals surface area contributed by atoms with Gasteiger partial charge in [0.05, 0.1) is 6.10 Å². The largest absolute Gasteiger partial charge is 0.480 e. The number of rotatable bonds is 22. The summed E-state index contributed by atoms with van der Waals surface area (Å²) in [5, 5.41) is 28.4. The van der Waals surface area contributed by atoms with Gasteiger partial charge in [-0.2, -0.15) is 0 Å². The van der Waals surface area contributed by atoms with Crippen molar-refractivity contribution in [3.8, 4) is 0 Å². The predicted octanol–water partition coefficient (Wildman–Crippen LogP) is 3.95. The Bertz CT molecular complexity index is 531. The number of unbranched alkanes of at least 4 members (excludes halogenated alkanes) is 13. The summed E-state index contributed by atoms with van der Waals surface area (Å²) < 4.78 is 0. The van der Waals surface area contributed by atoms with Crippen LogP contribution in [-0.2, 0) is 14.4 Å². The number of carboxylic acid groups (broad SMARTS) is 2. The fourth-order valence-corrected chi connectivity index (χ4v) is 3.53. The summed E-state index contributed by atoms with van der Waals surface area (Å²) >= 11 is 0. The maximum atomic E-state index is 11.9. The van der Waals surface area contributed by atoms with Gasteiger partial charge in [0.15, 0.2) is 0 Å². The molecule has 0 saturated heterocycles. The van der Waals surface area contributed by atoms with Crippen molar-refractivity contribution in [2.75, 3.05) is 6.54 Å². The van der Waals surface area contributed by atoms with Crippen LogP contribution in [0.15, 0.2) is 0 Å². The van der Waals surface area contributed by atoms with E-state index in [0.717, 1.165) is 25.7 Å². The molecule has 9 nitrogen and oxygen atoms in total. The molecule has 8 N–H and O–H groups in total. The SMILES string of the molecule is CC(O)C(N)C(=O)O.CCCCCCCCCCCCCCCC(=O)NC(CCCCN)C(=O)O. The minimum absolute atomic E-state index is 0.141. The zero-order valence-corrected chi connectivity index (χ0v) is 22.2. The first-order valence-electron chi connectivity index (χ1n) is 13.6. The highest BCUT2D eigenvalue weighted by atomic mass is 16.4. The highest BCUT2D eigenvalue weighted by Gasteiger charge is 2.19. The van der Waals surface area contributed by atoms with Gasteiger partial charge in [-0.25, -0.2) is 4.79 Å². The number of nitrogens with two attached hydrogens (primary N) is 2. The molecule has 0 fully saturated rings. The molecular formula is C26H53N3O6. The molecule has 3 atom stereocenters. The van der Waals surface area contributed by atoms with Gasteiger partial charge in [-0.15, -0.1) is 0 Å². The lowest BCUT2D eigenvalue weighted by atomic mass is 10.0. The van der Waals surface area contributed by atoms with Gasteiger partial charge >= 0.3 is 11.9 Å². The van der Waals surface area contributed by atoms with E-state index in [1.165, 1.54) is 77.6 Å². The van der Waals surface area contributed by atoms with E-state index in [9.17, 15) is 14.4 Å². The van der Waals surface area contributed by atoms with Crippen LogP contribution in [0.2, 0.25) is 0 Å². The van der Waals surface area contributed by atoms with Gasteiger partial charge in [0.1, 0.15) is 12.1 Å². The normalized spacial score (nSPS) is 13.3. The lowest BCUT2D eigenvalue weighted by Gasteiger charge is -2.14.